The van der Waals surface area contributed by atoms with E-state index in [-0.39, 0.29) is 6.10 Å². The minimum atomic E-state index is 0.119. The summed E-state index contributed by atoms with van der Waals surface area (Å²) in [5, 5.41) is 0. The molecule has 4 nitrogen and oxygen atoms in total. The maximum Gasteiger partial charge on any atom is 0.125 e. The van der Waals surface area contributed by atoms with Crippen molar-refractivity contribution >= 4 is 0 Å². The smallest absolute Gasteiger partial charge is 0.125 e. The molecule has 2 heterocycles. The Kier molecular flexibility index (Phi) is 4.63. The van der Waals surface area contributed by atoms with Crippen molar-refractivity contribution in [2.45, 2.75) is 57.6 Å². The van der Waals surface area contributed by atoms with Crippen molar-refractivity contribution in [2.75, 3.05) is 19.7 Å². The van der Waals surface area contributed by atoms with Gasteiger partial charge in [0, 0.05) is 25.3 Å². The van der Waals surface area contributed by atoms with Gasteiger partial charge in [-0.25, -0.2) is 9.97 Å². The van der Waals surface area contributed by atoms with E-state index >= 15 is 0 Å². The van der Waals surface area contributed by atoms with Crippen LogP contribution in [0.5, 0.6) is 0 Å². The SMILES string of the molecule is Cc1nccc([C@@H]2CN(C3CCCCCC3)CCO2)n1. The average Bonchev–Trinajstić information content (AvgIpc) is 2.76. The number of nitrogens with zero attached hydrogens (tertiary/aromatic N) is 3. The molecule has 1 atom stereocenters. The van der Waals surface area contributed by atoms with Gasteiger partial charge < -0.3 is 4.74 Å². The molecule has 20 heavy (non-hydrogen) atoms. The molecular weight excluding hydrogens is 250 g/mol. The van der Waals surface area contributed by atoms with Crippen molar-refractivity contribution < 1.29 is 4.74 Å². The highest BCUT2D eigenvalue weighted by atomic mass is 16.5. The minimum absolute atomic E-state index is 0.119. The van der Waals surface area contributed by atoms with Gasteiger partial charge in [-0.05, 0) is 25.8 Å². The minimum Gasteiger partial charge on any atom is -0.369 e. The van der Waals surface area contributed by atoms with Crippen LogP contribution in [-0.2, 0) is 4.74 Å². The Morgan fingerprint density at radius 3 is 2.75 bits per heavy atom. The Morgan fingerprint density at radius 2 is 2.00 bits per heavy atom. The third kappa shape index (κ3) is 3.36. The first-order valence-corrected chi connectivity index (χ1v) is 7.98. The molecule has 2 fully saturated rings. The van der Waals surface area contributed by atoms with E-state index in [0.29, 0.717) is 0 Å². The number of hydrogen-bond donors (Lipinski definition) is 0. The summed E-state index contributed by atoms with van der Waals surface area (Å²) in [6.45, 7) is 4.83. The molecule has 1 aromatic heterocycles. The number of hydrogen-bond acceptors (Lipinski definition) is 4. The Morgan fingerprint density at radius 1 is 1.20 bits per heavy atom. The van der Waals surface area contributed by atoms with Crippen LogP contribution in [0.4, 0.5) is 0 Å². The second kappa shape index (κ2) is 6.64. The summed E-state index contributed by atoms with van der Waals surface area (Å²) in [7, 11) is 0. The fourth-order valence-corrected chi connectivity index (χ4v) is 3.46. The average molecular weight is 275 g/mol. The van der Waals surface area contributed by atoms with E-state index in [1.807, 2.05) is 19.2 Å². The summed E-state index contributed by atoms with van der Waals surface area (Å²) >= 11 is 0. The Hall–Kier alpha value is -1.00. The highest BCUT2D eigenvalue weighted by Crippen LogP contribution is 2.27. The van der Waals surface area contributed by atoms with E-state index in [1.165, 1.54) is 38.5 Å². The topological polar surface area (TPSA) is 38.2 Å². The molecule has 1 saturated carbocycles. The van der Waals surface area contributed by atoms with Gasteiger partial charge in [0.25, 0.3) is 0 Å². The lowest BCUT2D eigenvalue weighted by atomic mass is 10.0. The standard InChI is InChI=1S/C16H25N3O/c1-13-17-9-8-15(18-13)16-12-19(10-11-20-16)14-6-4-2-3-5-7-14/h8-9,14,16H,2-7,10-12H2,1H3/t16-/m0/s1. The van der Waals surface area contributed by atoms with Crippen molar-refractivity contribution in [1.29, 1.82) is 0 Å². The zero-order valence-corrected chi connectivity index (χ0v) is 12.4. The first-order valence-electron chi connectivity index (χ1n) is 7.98. The van der Waals surface area contributed by atoms with Crippen LogP contribution in [0.25, 0.3) is 0 Å². The van der Waals surface area contributed by atoms with Gasteiger partial charge in [0.15, 0.2) is 0 Å². The van der Waals surface area contributed by atoms with Gasteiger partial charge in [0.05, 0.1) is 12.3 Å². The molecule has 0 aromatic carbocycles. The number of aryl methyl sites for hydroxylation is 1. The van der Waals surface area contributed by atoms with E-state index in [2.05, 4.69) is 14.9 Å². The van der Waals surface area contributed by atoms with Gasteiger partial charge in [-0.2, -0.15) is 0 Å². The van der Waals surface area contributed by atoms with Crippen molar-refractivity contribution in [1.82, 2.24) is 14.9 Å². The molecule has 0 amide bonds. The lowest BCUT2D eigenvalue weighted by Gasteiger charge is -2.38. The zero-order valence-electron chi connectivity index (χ0n) is 12.4. The summed E-state index contributed by atoms with van der Waals surface area (Å²) in [4.78, 5) is 11.3. The van der Waals surface area contributed by atoms with Gasteiger partial charge in [-0.1, -0.05) is 25.7 Å². The predicted octanol–water partition coefficient (Wildman–Crippen LogP) is 2.88. The number of ether oxygens (including phenoxy) is 1. The van der Waals surface area contributed by atoms with E-state index in [1.54, 1.807) is 0 Å². The van der Waals surface area contributed by atoms with Crippen molar-refractivity contribution in [3.63, 3.8) is 0 Å². The lowest BCUT2D eigenvalue weighted by Crippen LogP contribution is -2.44. The van der Waals surface area contributed by atoms with Crippen molar-refractivity contribution in [2.24, 2.45) is 0 Å². The first-order chi connectivity index (χ1) is 9.83. The first kappa shape index (κ1) is 14.0. The third-order valence-electron chi connectivity index (χ3n) is 4.57. The van der Waals surface area contributed by atoms with Crippen LogP contribution >= 0.6 is 0 Å². The molecule has 1 aromatic rings. The lowest BCUT2D eigenvalue weighted by molar-refractivity contribution is -0.0489. The molecule has 0 radical (unpaired) electrons. The Bertz CT molecular complexity index is 429. The van der Waals surface area contributed by atoms with E-state index in [4.69, 9.17) is 4.74 Å². The molecule has 1 aliphatic heterocycles. The maximum atomic E-state index is 5.94. The maximum absolute atomic E-state index is 5.94. The second-order valence-electron chi connectivity index (χ2n) is 6.03. The summed E-state index contributed by atoms with van der Waals surface area (Å²) < 4.78 is 5.94. The Labute approximate surface area is 121 Å². The van der Waals surface area contributed by atoms with Gasteiger partial charge in [-0.3, -0.25) is 4.90 Å². The highest BCUT2D eigenvalue weighted by Gasteiger charge is 2.28. The van der Waals surface area contributed by atoms with Gasteiger partial charge in [0.2, 0.25) is 0 Å². The molecule has 1 saturated heterocycles. The van der Waals surface area contributed by atoms with E-state index < -0.39 is 0 Å². The molecule has 0 spiro atoms. The third-order valence-corrected chi connectivity index (χ3v) is 4.57. The van der Waals surface area contributed by atoms with E-state index in [9.17, 15) is 0 Å². The fraction of sp³-hybridized carbons (Fsp3) is 0.750. The molecule has 1 aliphatic carbocycles. The molecular formula is C16H25N3O. The molecule has 0 bridgehead atoms. The van der Waals surface area contributed by atoms with Crippen LogP contribution < -0.4 is 0 Å². The summed E-state index contributed by atoms with van der Waals surface area (Å²) in [6, 6.07) is 2.75. The van der Waals surface area contributed by atoms with Crippen LogP contribution in [0.1, 0.15) is 56.1 Å². The number of aromatic nitrogens is 2. The quantitative estimate of drug-likeness (QED) is 0.778. The second-order valence-corrected chi connectivity index (χ2v) is 6.03. The molecule has 2 aliphatic rings. The normalized spacial score (nSPS) is 26.4. The van der Waals surface area contributed by atoms with Crippen LogP contribution in [0.3, 0.4) is 0 Å². The van der Waals surface area contributed by atoms with Crippen LogP contribution in [0.2, 0.25) is 0 Å². The molecule has 3 rings (SSSR count). The molecule has 0 unspecified atom stereocenters. The Balaban J connectivity index is 1.66. The van der Waals surface area contributed by atoms with Crippen LogP contribution in [0, 0.1) is 6.92 Å². The van der Waals surface area contributed by atoms with Crippen LogP contribution in [-0.4, -0.2) is 40.6 Å². The largest absolute Gasteiger partial charge is 0.369 e. The summed E-state index contributed by atoms with van der Waals surface area (Å²) in [5.74, 6) is 0.831. The summed E-state index contributed by atoms with van der Waals surface area (Å²) in [5.41, 5.74) is 1.04. The molecule has 4 heteroatoms. The monoisotopic (exact) mass is 275 g/mol. The highest BCUT2D eigenvalue weighted by molar-refractivity contribution is 5.07. The van der Waals surface area contributed by atoms with E-state index in [0.717, 1.165) is 37.3 Å². The number of rotatable bonds is 2. The van der Waals surface area contributed by atoms with Gasteiger partial charge >= 0.3 is 0 Å². The summed E-state index contributed by atoms with van der Waals surface area (Å²) in [6.07, 6.45) is 10.3. The predicted molar refractivity (Wildman–Crippen MR) is 78.5 cm³/mol. The van der Waals surface area contributed by atoms with Gasteiger partial charge in [0.1, 0.15) is 11.9 Å². The molecule has 110 valence electrons. The van der Waals surface area contributed by atoms with Crippen molar-refractivity contribution in [3.05, 3.63) is 23.8 Å². The van der Waals surface area contributed by atoms with Gasteiger partial charge in [-0.15, -0.1) is 0 Å². The van der Waals surface area contributed by atoms with Crippen LogP contribution in [0.15, 0.2) is 12.3 Å². The van der Waals surface area contributed by atoms with Crippen molar-refractivity contribution in [3.8, 4) is 0 Å². The number of morpholine rings is 1. The molecule has 0 N–H and O–H groups in total. The zero-order chi connectivity index (χ0) is 13.8. The fourth-order valence-electron chi connectivity index (χ4n) is 3.46.